The highest BCUT2D eigenvalue weighted by Crippen LogP contribution is 2.31. The number of nitrogens with zero attached hydrogens (tertiary/aromatic N) is 5. The molecule has 5 amide bonds. The van der Waals surface area contributed by atoms with E-state index in [2.05, 4.69) is 41.6 Å². The second-order valence-electron chi connectivity index (χ2n) is 10.9. The van der Waals surface area contributed by atoms with Gasteiger partial charge in [0.15, 0.2) is 5.82 Å². The van der Waals surface area contributed by atoms with Gasteiger partial charge in [-0.05, 0) is 44.7 Å². The van der Waals surface area contributed by atoms with E-state index in [1.54, 1.807) is 46.8 Å². The van der Waals surface area contributed by atoms with Gasteiger partial charge < -0.3 is 26.4 Å². The Morgan fingerprint density at radius 2 is 1.93 bits per heavy atom. The van der Waals surface area contributed by atoms with Crippen LogP contribution in [0, 0.1) is 5.92 Å². The maximum absolute atomic E-state index is 14.0. The molecule has 0 radical (unpaired) electrons. The smallest absolute Gasteiger partial charge is 0.408 e. The Labute approximate surface area is 236 Å². The van der Waals surface area contributed by atoms with Crippen molar-refractivity contribution < 1.29 is 28.7 Å². The number of aromatic nitrogens is 5. The minimum Gasteiger partial charge on any atom is -0.444 e. The molecule has 0 saturated heterocycles. The summed E-state index contributed by atoms with van der Waals surface area (Å²) >= 11 is 0. The number of anilines is 1. The molecule has 222 valence electrons. The van der Waals surface area contributed by atoms with E-state index < -0.39 is 53.4 Å². The molecule has 0 spiro atoms. The third kappa shape index (κ3) is 8.43. The number of tetrazole rings is 1. The van der Waals surface area contributed by atoms with Gasteiger partial charge in [0.05, 0.1) is 6.54 Å². The number of pyridine rings is 1. The van der Waals surface area contributed by atoms with Crippen LogP contribution in [0.15, 0.2) is 18.3 Å². The number of carbonyl (C=O) groups is 5. The standard InChI is InChI=1S/C25H36N10O6/c1-13(2)19(30-24(40)41-25(3,4)5)22(38)29-15(8-9-17(26)36)23(39)35-16(11-14-7-6-10-27-20(14)35)21(37)28-12-18-31-33-34-32-18/h6-7,10,13,15-16,19H,8-9,11-12H2,1-5H3,(H2,26,36)(H,28,37)(H,29,38)(H,30,40)(H,31,32,33,34)/t15-,16-,19-/m0/s1. The molecule has 0 aromatic carbocycles. The van der Waals surface area contributed by atoms with Crippen molar-refractivity contribution in [1.82, 2.24) is 41.6 Å². The Morgan fingerprint density at radius 3 is 2.54 bits per heavy atom. The highest BCUT2D eigenvalue weighted by Gasteiger charge is 2.42. The first-order chi connectivity index (χ1) is 19.3. The topological polar surface area (TPSA) is 227 Å². The maximum Gasteiger partial charge on any atom is 0.408 e. The van der Waals surface area contributed by atoms with E-state index in [0.29, 0.717) is 5.56 Å². The van der Waals surface area contributed by atoms with Crippen molar-refractivity contribution in [1.29, 1.82) is 0 Å². The number of amides is 5. The monoisotopic (exact) mass is 572 g/mol. The molecule has 1 aliphatic rings. The largest absolute Gasteiger partial charge is 0.444 e. The van der Waals surface area contributed by atoms with Crippen LogP contribution in [0.5, 0.6) is 0 Å². The summed E-state index contributed by atoms with van der Waals surface area (Å²) < 4.78 is 5.28. The zero-order chi connectivity index (χ0) is 30.3. The van der Waals surface area contributed by atoms with Crippen LogP contribution in [-0.2, 0) is 36.9 Å². The van der Waals surface area contributed by atoms with E-state index in [-0.39, 0.29) is 43.4 Å². The Balaban J connectivity index is 1.85. The second-order valence-corrected chi connectivity index (χ2v) is 10.9. The Kier molecular flexibility index (Phi) is 9.91. The Morgan fingerprint density at radius 1 is 1.20 bits per heavy atom. The number of rotatable bonds is 11. The zero-order valence-corrected chi connectivity index (χ0v) is 23.6. The minimum atomic E-state index is -1.27. The lowest BCUT2D eigenvalue weighted by Gasteiger charge is -2.30. The molecule has 2 aromatic heterocycles. The fraction of sp³-hybridized carbons (Fsp3) is 0.560. The lowest BCUT2D eigenvalue weighted by molar-refractivity contribution is -0.131. The summed E-state index contributed by atoms with van der Waals surface area (Å²) in [5.74, 6) is -2.42. The highest BCUT2D eigenvalue weighted by atomic mass is 16.6. The van der Waals surface area contributed by atoms with Crippen LogP contribution < -0.4 is 26.6 Å². The van der Waals surface area contributed by atoms with E-state index in [4.69, 9.17) is 10.5 Å². The number of hydrogen-bond acceptors (Lipinski definition) is 10. The van der Waals surface area contributed by atoms with Crippen LogP contribution in [-0.4, -0.2) is 79.1 Å². The third-order valence-corrected chi connectivity index (χ3v) is 6.09. The number of primary amides is 1. The van der Waals surface area contributed by atoms with Gasteiger partial charge in [-0.15, -0.1) is 10.2 Å². The SMILES string of the molecule is CC(C)[C@H](NC(=O)OC(C)(C)C)C(=O)N[C@@H](CCC(N)=O)C(=O)N1c2ncccc2C[C@H]1C(=O)NCc1nn[nH]n1. The molecule has 6 N–H and O–H groups in total. The number of hydrogen-bond donors (Lipinski definition) is 5. The van der Waals surface area contributed by atoms with Gasteiger partial charge in [-0.25, -0.2) is 9.78 Å². The molecule has 41 heavy (non-hydrogen) atoms. The van der Waals surface area contributed by atoms with E-state index in [1.807, 2.05) is 0 Å². The van der Waals surface area contributed by atoms with Gasteiger partial charge in [0.2, 0.25) is 17.7 Å². The van der Waals surface area contributed by atoms with Crippen LogP contribution in [0.25, 0.3) is 0 Å². The fourth-order valence-corrected chi connectivity index (χ4v) is 4.21. The molecule has 3 heterocycles. The number of nitrogens with two attached hydrogens (primary N) is 1. The molecule has 3 atom stereocenters. The van der Waals surface area contributed by atoms with Crippen molar-refractivity contribution in [3.63, 3.8) is 0 Å². The molecule has 0 fully saturated rings. The first-order valence-electron chi connectivity index (χ1n) is 13.1. The van der Waals surface area contributed by atoms with Crippen LogP contribution in [0.3, 0.4) is 0 Å². The molecule has 1 aliphatic heterocycles. The average Bonchev–Trinajstić information content (AvgIpc) is 3.54. The Bertz CT molecular complexity index is 1260. The predicted molar refractivity (Wildman–Crippen MR) is 144 cm³/mol. The second kappa shape index (κ2) is 13.1. The van der Waals surface area contributed by atoms with Crippen LogP contribution in [0.1, 0.15) is 58.8 Å². The molecule has 0 bridgehead atoms. The van der Waals surface area contributed by atoms with Crippen LogP contribution in [0.4, 0.5) is 10.6 Å². The van der Waals surface area contributed by atoms with Gasteiger partial charge in [0.25, 0.3) is 5.91 Å². The predicted octanol–water partition coefficient (Wildman–Crippen LogP) is -0.532. The number of alkyl carbamates (subject to hydrolysis) is 1. The third-order valence-electron chi connectivity index (χ3n) is 6.09. The summed E-state index contributed by atoms with van der Waals surface area (Å²) in [6, 6.07) is 0.0891. The first kappa shape index (κ1) is 30.9. The molecule has 0 aliphatic carbocycles. The quantitative estimate of drug-likeness (QED) is 0.231. The van der Waals surface area contributed by atoms with Crippen molar-refractivity contribution >= 4 is 35.5 Å². The molecule has 2 aromatic rings. The lowest BCUT2D eigenvalue weighted by atomic mass is 10.0. The Hall–Kier alpha value is -4.63. The molecule has 16 nitrogen and oxygen atoms in total. The molecular weight excluding hydrogens is 536 g/mol. The number of carbonyl (C=O) groups excluding carboxylic acids is 5. The number of aromatic amines is 1. The van der Waals surface area contributed by atoms with Crippen molar-refractivity contribution in [3.8, 4) is 0 Å². The van der Waals surface area contributed by atoms with Gasteiger partial charge in [0, 0.05) is 19.0 Å². The highest BCUT2D eigenvalue weighted by molar-refractivity contribution is 6.06. The van der Waals surface area contributed by atoms with Crippen molar-refractivity contribution in [2.45, 2.75) is 84.2 Å². The number of ether oxygens (including phenoxy) is 1. The van der Waals surface area contributed by atoms with Gasteiger partial charge >= 0.3 is 6.09 Å². The first-order valence-corrected chi connectivity index (χ1v) is 13.1. The van der Waals surface area contributed by atoms with Crippen molar-refractivity contribution in [2.24, 2.45) is 11.7 Å². The number of nitrogens with one attached hydrogen (secondary N) is 4. The van der Waals surface area contributed by atoms with E-state index in [1.165, 1.54) is 11.1 Å². The summed E-state index contributed by atoms with van der Waals surface area (Å²) in [5, 5.41) is 21.2. The minimum absolute atomic E-state index is 0.0358. The maximum atomic E-state index is 14.0. The van der Waals surface area contributed by atoms with Crippen LogP contribution in [0.2, 0.25) is 0 Å². The van der Waals surface area contributed by atoms with Crippen molar-refractivity contribution in [3.05, 3.63) is 29.7 Å². The van der Waals surface area contributed by atoms with Crippen molar-refractivity contribution in [2.75, 3.05) is 4.90 Å². The summed E-state index contributed by atoms with van der Waals surface area (Å²) in [5.41, 5.74) is 5.20. The molecule has 0 unspecified atom stereocenters. The van der Waals surface area contributed by atoms with Gasteiger partial charge in [-0.1, -0.05) is 25.1 Å². The number of H-pyrrole nitrogens is 1. The average molecular weight is 573 g/mol. The van der Waals surface area contributed by atoms with Crippen LogP contribution >= 0.6 is 0 Å². The zero-order valence-electron chi connectivity index (χ0n) is 23.6. The molecule has 3 rings (SSSR count). The van der Waals surface area contributed by atoms with E-state index in [0.717, 1.165) is 0 Å². The summed E-state index contributed by atoms with van der Waals surface area (Å²) in [6.45, 7) is 8.45. The molecule has 16 heteroatoms. The normalized spacial score (nSPS) is 16.0. The summed E-state index contributed by atoms with van der Waals surface area (Å²) in [7, 11) is 0. The lowest BCUT2D eigenvalue weighted by Crippen LogP contribution is -2.58. The molecular formula is C25H36N10O6. The summed E-state index contributed by atoms with van der Waals surface area (Å²) in [4.78, 5) is 70.1. The molecule has 0 saturated carbocycles. The fourth-order valence-electron chi connectivity index (χ4n) is 4.21. The van der Waals surface area contributed by atoms with Gasteiger partial charge in [-0.2, -0.15) is 5.21 Å². The van der Waals surface area contributed by atoms with E-state index in [9.17, 15) is 24.0 Å². The van der Waals surface area contributed by atoms with E-state index >= 15 is 0 Å². The van der Waals surface area contributed by atoms with Gasteiger partial charge in [0.1, 0.15) is 29.5 Å². The van der Waals surface area contributed by atoms with Gasteiger partial charge in [-0.3, -0.25) is 24.1 Å². The summed E-state index contributed by atoms with van der Waals surface area (Å²) in [6.07, 6.45) is 0.475. The number of fused-ring (bicyclic) bond motifs is 1.